The fourth-order valence-corrected chi connectivity index (χ4v) is 5.28. The zero-order valence-electron chi connectivity index (χ0n) is 19.7. The molecule has 176 valence electrons. The van der Waals surface area contributed by atoms with Crippen molar-refractivity contribution in [1.82, 2.24) is 29.4 Å². The van der Waals surface area contributed by atoms with Gasteiger partial charge in [-0.2, -0.15) is 4.98 Å². The smallest absolute Gasteiger partial charge is 0.330 e. The summed E-state index contributed by atoms with van der Waals surface area (Å²) in [6.07, 6.45) is 7.42. The zero-order chi connectivity index (χ0) is 23.4. The molecule has 9 nitrogen and oxygen atoms in total. The van der Waals surface area contributed by atoms with Crippen molar-refractivity contribution < 1.29 is 4.74 Å². The van der Waals surface area contributed by atoms with Gasteiger partial charge in [-0.15, -0.1) is 0 Å². The van der Waals surface area contributed by atoms with E-state index < -0.39 is 0 Å². The Morgan fingerprint density at radius 3 is 2.79 bits per heavy atom. The van der Waals surface area contributed by atoms with Gasteiger partial charge in [0.15, 0.2) is 5.65 Å². The number of nitrogens with one attached hydrogen (secondary N) is 2. The van der Waals surface area contributed by atoms with Crippen LogP contribution in [0, 0.1) is 6.92 Å². The summed E-state index contributed by atoms with van der Waals surface area (Å²) in [5.74, 6) is 1.28. The molecule has 2 aliphatic heterocycles. The minimum atomic E-state index is -0.0320. The normalized spacial score (nSPS) is 22.7. The van der Waals surface area contributed by atoms with Gasteiger partial charge in [-0.05, 0) is 63.3 Å². The van der Waals surface area contributed by atoms with Crippen molar-refractivity contribution in [2.45, 2.75) is 57.7 Å². The lowest BCUT2D eigenvalue weighted by atomic mass is 9.91. The molecule has 0 radical (unpaired) electrons. The van der Waals surface area contributed by atoms with Crippen molar-refractivity contribution in [1.29, 1.82) is 0 Å². The van der Waals surface area contributed by atoms with Gasteiger partial charge in [0, 0.05) is 42.9 Å². The highest BCUT2D eigenvalue weighted by Crippen LogP contribution is 2.33. The van der Waals surface area contributed by atoms with Crippen LogP contribution in [0.15, 0.2) is 35.4 Å². The summed E-state index contributed by atoms with van der Waals surface area (Å²) in [5.41, 5.74) is 4.19. The summed E-state index contributed by atoms with van der Waals surface area (Å²) in [6, 6.07) is 6.55. The van der Waals surface area contributed by atoms with Crippen LogP contribution in [0.5, 0.6) is 5.75 Å². The summed E-state index contributed by atoms with van der Waals surface area (Å²) >= 11 is 0. The Bertz CT molecular complexity index is 1450. The van der Waals surface area contributed by atoms with Crippen molar-refractivity contribution in [3.8, 4) is 5.75 Å². The number of benzene rings is 1. The third kappa shape index (κ3) is 3.51. The minimum Gasteiger partial charge on any atom is -0.489 e. The molecular weight excluding hydrogens is 430 g/mol. The largest absolute Gasteiger partial charge is 0.489 e. The number of ether oxygens (including phenoxy) is 1. The molecule has 1 saturated carbocycles. The summed E-state index contributed by atoms with van der Waals surface area (Å²) in [5, 5.41) is 7.99. The number of anilines is 2. The second kappa shape index (κ2) is 8.09. The Morgan fingerprint density at radius 1 is 1.15 bits per heavy atom. The SMILES string of the molecule is Cc1cc2nccc3c2cc1Nc1ncc2c(n1)n(c(=O)n2C)C1CCC(CC1)NC[C@@H](C)O3. The van der Waals surface area contributed by atoms with E-state index in [9.17, 15) is 4.79 Å². The first kappa shape index (κ1) is 21.1. The van der Waals surface area contributed by atoms with Crippen LogP contribution in [0.4, 0.5) is 11.6 Å². The Morgan fingerprint density at radius 2 is 1.97 bits per heavy atom. The average Bonchev–Trinajstić information content (AvgIpc) is 3.08. The van der Waals surface area contributed by atoms with Crippen LogP contribution >= 0.6 is 0 Å². The Hall–Kier alpha value is -3.46. The van der Waals surface area contributed by atoms with Crippen LogP contribution < -0.4 is 21.1 Å². The van der Waals surface area contributed by atoms with E-state index >= 15 is 0 Å². The van der Waals surface area contributed by atoms with Gasteiger partial charge in [0.1, 0.15) is 17.4 Å². The van der Waals surface area contributed by atoms with Gasteiger partial charge in [0.25, 0.3) is 0 Å². The molecule has 0 saturated heterocycles. The molecule has 3 aromatic heterocycles. The molecule has 7 rings (SSSR count). The number of pyridine rings is 1. The fraction of sp³-hybridized carbons (Fsp3) is 0.440. The molecule has 4 aromatic rings. The van der Waals surface area contributed by atoms with Crippen molar-refractivity contribution in [3.63, 3.8) is 0 Å². The van der Waals surface area contributed by atoms with Gasteiger partial charge in [-0.3, -0.25) is 14.1 Å². The van der Waals surface area contributed by atoms with E-state index in [1.807, 2.05) is 29.7 Å². The van der Waals surface area contributed by atoms with Gasteiger partial charge in [-0.1, -0.05) is 0 Å². The minimum absolute atomic E-state index is 0.00595. The molecule has 0 unspecified atom stereocenters. The van der Waals surface area contributed by atoms with Gasteiger partial charge < -0.3 is 15.4 Å². The molecular formula is C25H29N7O2. The van der Waals surface area contributed by atoms with Crippen LogP contribution in [0.3, 0.4) is 0 Å². The highest BCUT2D eigenvalue weighted by Gasteiger charge is 2.27. The van der Waals surface area contributed by atoms with Crippen molar-refractivity contribution >= 4 is 33.7 Å². The molecule has 1 fully saturated rings. The molecule has 1 aliphatic carbocycles. The van der Waals surface area contributed by atoms with E-state index in [0.717, 1.165) is 65.6 Å². The molecule has 0 amide bonds. The Labute approximate surface area is 197 Å². The number of rotatable bonds is 0. The summed E-state index contributed by atoms with van der Waals surface area (Å²) < 4.78 is 9.87. The molecule has 2 N–H and O–H groups in total. The first-order valence-corrected chi connectivity index (χ1v) is 12.0. The monoisotopic (exact) mass is 459 g/mol. The maximum absolute atomic E-state index is 13.2. The number of aromatic nitrogens is 5. The molecule has 1 aromatic carbocycles. The van der Waals surface area contributed by atoms with E-state index in [0.29, 0.717) is 17.6 Å². The molecule has 5 heterocycles. The average molecular weight is 460 g/mol. The maximum Gasteiger partial charge on any atom is 0.330 e. The third-order valence-corrected chi connectivity index (χ3v) is 7.21. The van der Waals surface area contributed by atoms with Crippen LogP contribution in [0.25, 0.3) is 22.1 Å². The van der Waals surface area contributed by atoms with Crippen molar-refractivity contribution in [2.75, 3.05) is 11.9 Å². The van der Waals surface area contributed by atoms with Crippen molar-refractivity contribution in [2.24, 2.45) is 7.05 Å². The van der Waals surface area contributed by atoms with E-state index in [1.54, 1.807) is 24.0 Å². The van der Waals surface area contributed by atoms with Crippen LogP contribution in [0.1, 0.15) is 44.2 Å². The molecule has 3 aliphatic rings. The topological polar surface area (TPSA) is 98.9 Å². The molecule has 6 bridgehead atoms. The second-order valence-corrected chi connectivity index (χ2v) is 9.57. The lowest BCUT2D eigenvalue weighted by molar-refractivity contribution is 0.201. The number of hydrogen-bond acceptors (Lipinski definition) is 7. The summed E-state index contributed by atoms with van der Waals surface area (Å²) in [7, 11) is 1.79. The lowest BCUT2D eigenvalue weighted by Crippen LogP contribution is -2.40. The van der Waals surface area contributed by atoms with Gasteiger partial charge in [0.2, 0.25) is 5.95 Å². The highest BCUT2D eigenvalue weighted by molar-refractivity contribution is 5.90. The number of nitrogens with zero attached hydrogens (tertiary/aromatic N) is 5. The Balaban J connectivity index is 1.52. The number of fused-ring (bicyclic) bond motifs is 5. The summed E-state index contributed by atoms with van der Waals surface area (Å²) in [4.78, 5) is 27.0. The maximum atomic E-state index is 13.2. The first-order valence-electron chi connectivity index (χ1n) is 12.0. The van der Waals surface area contributed by atoms with Gasteiger partial charge in [0.05, 0.1) is 11.7 Å². The molecule has 9 heteroatoms. The quantitative estimate of drug-likeness (QED) is 0.415. The number of imidazole rings is 1. The van der Waals surface area contributed by atoms with E-state index in [-0.39, 0.29) is 17.8 Å². The standard InChI is InChI=1S/C25H29N7O2/c1-14-10-20-18-11-19(14)29-24-28-13-21-23(30-24)32(25(33)31(21)3)17-6-4-16(5-7-17)27-12-15(2)34-22(18)8-9-26-20/h8-11,13,15-17,27H,4-7,12H2,1-3H3,(H,28,29,30)/t15-,16?,17?/m1/s1. The lowest BCUT2D eigenvalue weighted by Gasteiger charge is -2.30. The van der Waals surface area contributed by atoms with E-state index in [4.69, 9.17) is 9.72 Å². The summed E-state index contributed by atoms with van der Waals surface area (Å²) in [6.45, 7) is 4.88. The van der Waals surface area contributed by atoms with Crippen LogP contribution in [-0.4, -0.2) is 42.8 Å². The van der Waals surface area contributed by atoms with Crippen LogP contribution in [0.2, 0.25) is 0 Å². The highest BCUT2D eigenvalue weighted by atomic mass is 16.5. The third-order valence-electron chi connectivity index (χ3n) is 7.21. The fourth-order valence-electron chi connectivity index (χ4n) is 5.28. The number of hydrogen-bond donors (Lipinski definition) is 2. The van der Waals surface area contributed by atoms with Crippen LogP contribution in [-0.2, 0) is 7.05 Å². The molecule has 1 atom stereocenters. The van der Waals surface area contributed by atoms with Gasteiger partial charge in [-0.25, -0.2) is 9.78 Å². The predicted octanol–water partition coefficient (Wildman–Crippen LogP) is 3.58. The predicted molar refractivity (Wildman–Crippen MR) is 132 cm³/mol. The van der Waals surface area contributed by atoms with Gasteiger partial charge >= 0.3 is 5.69 Å². The first-order chi connectivity index (χ1) is 16.5. The van der Waals surface area contributed by atoms with Crippen molar-refractivity contribution in [3.05, 3.63) is 46.6 Å². The van der Waals surface area contributed by atoms with E-state index in [2.05, 4.69) is 27.5 Å². The number of aryl methyl sites for hydroxylation is 2. The second-order valence-electron chi connectivity index (χ2n) is 9.57. The Kier molecular flexibility index (Phi) is 5.02. The molecule has 34 heavy (non-hydrogen) atoms. The zero-order valence-corrected chi connectivity index (χ0v) is 19.7. The molecule has 0 spiro atoms. The van der Waals surface area contributed by atoms with E-state index in [1.165, 1.54) is 0 Å².